The van der Waals surface area contributed by atoms with Gasteiger partial charge in [0.05, 0.1) is 11.4 Å². The van der Waals surface area contributed by atoms with Crippen LogP contribution in [0.15, 0.2) is 33.6 Å². The van der Waals surface area contributed by atoms with Gasteiger partial charge in [-0.15, -0.1) is 11.3 Å². The number of carbonyl (C=O) groups is 2. The lowest BCUT2D eigenvalue weighted by molar-refractivity contribution is 0.0777. The minimum absolute atomic E-state index is 0.109. The molecule has 1 aliphatic heterocycles. The molecule has 7 nitrogen and oxygen atoms in total. The van der Waals surface area contributed by atoms with Crippen LogP contribution in [0.4, 0.5) is 16.2 Å². The largest absolute Gasteiger partial charge is 0.446 e. The number of thiazole rings is 1. The Bertz CT molecular complexity index is 873. The molecular weight excluding hydrogens is 456 g/mol. The summed E-state index contributed by atoms with van der Waals surface area (Å²) in [5.74, 6) is -0.239. The van der Waals surface area contributed by atoms with E-state index < -0.39 is 0 Å². The summed E-state index contributed by atoms with van der Waals surface area (Å²) in [5, 5.41) is 7.50. The first kappa shape index (κ1) is 21.6. The number of halogens is 1. The molecule has 2 heterocycles. The highest BCUT2D eigenvalue weighted by atomic mass is 79.9. The first-order valence-electron chi connectivity index (χ1n) is 9.46. The Kier molecular flexibility index (Phi) is 6.79. The molecule has 1 saturated heterocycles. The van der Waals surface area contributed by atoms with Gasteiger partial charge in [-0.3, -0.25) is 4.79 Å². The molecule has 1 aromatic carbocycles. The van der Waals surface area contributed by atoms with Gasteiger partial charge in [-0.05, 0) is 48.8 Å². The van der Waals surface area contributed by atoms with Crippen molar-refractivity contribution in [1.82, 2.24) is 10.3 Å². The number of benzene rings is 1. The number of amides is 2. The number of rotatable bonds is 4. The molecule has 2 aromatic rings. The second-order valence-electron chi connectivity index (χ2n) is 7.92. The summed E-state index contributed by atoms with van der Waals surface area (Å²) in [6.45, 7) is 7.25. The summed E-state index contributed by atoms with van der Waals surface area (Å²) in [4.78, 5) is 30.8. The molecule has 1 aliphatic rings. The molecule has 156 valence electrons. The smallest absolute Gasteiger partial charge is 0.407 e. The highest BCUT2D eigenvalue weighted by Gasteiger charge is 2.25. The number of carbonyl (C=O) groups excluding carboxylic acids is 2. The van der Waals surface area contributed by atoms with Crippen molar-refractivity contribution in [2.75, 3.05) is 23.3 Å². The number of hydrogen-bond donors (Lipinski definition) is 2. The monoisotopic (exact) mass is 480 g/mol. The van der Waals surface area contributed by atoms with Gasteiger partial charge in [0.1, 0.15) is 11.8 Å². The molecule has 1 aromatic heterocycles. The maximum absolute atomic E-state index is 12.5. The maximum atomic E-state index is 12.5. The van der Waals surface area contributed by atoms with Gasteiger partial charge < -0.3 is 20.3 Å². The Labute approximate surface area is 183 Å². The van der Waals surface area contributed by atoms with Gasteiger partial charge in [-0.2, -0.15) is 0 Å². The average molecular weight is 481 g/mol. The lowest BCUT2D eigenvalue weighted by Crippen LogP contribution is -2.44. The molecule has 29 heavy (non-hydrogen) atoms. The van der Waals surface area contributed by atoms with Crippen LogP contribution in [-0.4, -0.2) is 41.7 Å². The highest BCUT2D eigenvalue weighted by molar-refractivity contribution is 9.11. The van der Waals surface area contributed by atoms with Crippen LogP contribution in [0.25, 0.3) is 0 Å². The van der Waals surface area contributed by atoms with E-state index in [2.05, 4.69) is 36.4 Å². The Morgan fingerprint density at radius 1 is 1.24 bits per heavy atom. The molecule has 0 bridgehead atoms. The fraction of sp³-hybridized carbons (Fsp3) is 0.450. The normalized spacial score (nSPS) is 15.1. The van der Waals surface area contributed by atoms with E-state index in [1.54, 1.807) is 5.38 Å². The van der Waals surface area contributed by atoms with Crippen LogP contribution in [0.5, 0.6) is 0 Å². The number of piperidine rings is 1. The summed E-state index contributed by atoms with van der Waals surface area (Å²) in [7, 11) is 0. The van der Waals surface area contributed by atoms with Crippen LogP contribution in [0.3, 0.4) is 0 Å². The molecular formula is C20H25BrN4O3S. The number of aromatic nitrogens is 1. The van der Waals surface area contributed by atoms with Gasteiger partial charge >= 0.3 is 6.09 Å². The third kappa shape index (κ3) is 6.17. The number of hydrogen-bond acceptors (Lipinski definition) is 6. The predicted molar refractivity (Wildman–Crippen MR) is 119 cm³/mol. The average Bonchev–Trinajstić information content (AvgIpc) is 3.08. The van der Waals surface area contributed by atoms with E-state index in [0.29, 0.717) is 9.61 Å². The number of ether oxygens (including phenoxy) is 1. The van der Waals surface area contributed by atoms with Gasteiger partial charge in [-0.1, -0.05) is 12.1 Å². The van der Waals surface area contributed by atoms with Crippen molar-refractivity contribution in [3.05, 3.63) is 39.3 Å². The first-order chi connectivity index (χ1) is 13.7. The van der Waals surface area contributed by atoms with Crippen molar-refractivity contribution in [3.63, 3.8) is 0 Å². The van der Waals surface area contributed by atoms with E-state index in [0.717, 1.165) is 37.3 Å². The van der Waals surface area contributed by atoms with Crippen LogP contribution in [0.1, 0.15) is 44.1 Å². The zero-order chi connectivity index (χ0) is 21.0. The molecule has 1 fully saturated rings. The van der Waals surface area contributed by atoms with E-state index in [9.17, 15) is 9.59 Å². The Morgan fingerprint density at radius 2 is 1.93 bits per heavy atom. The predicted octanol–water partition coefficient (Wildman–Crippen LogP) is 4.65. The van der Waals surface area contributed by atoms with Gasteiger partial charge in [-0.25, -0.2) is 9.78 Å². The molecule has 0 unspecified atom stereocenters. The van der Waals surface area contributed by atoms with Crippen molar-refractivity contribution < 1.29 is 14.3 Å². The van der Waals surface area contributed by atoms with Crippen molar-refractivity contribution >= 4 is 50.6 Å². The standard InChI is InChI=1S/C20H25BrN4O3S/c1-20(2,3)24-19(27)28-13-8-10-25(11-9-13)16-7-5-4-6-14(16)22-17(26)15-12-29-18(21)23-15/h4-7,12-13H,8-11H2,1-3H3,(H,22,26)(H,24,27). The van der Waals surface area contributed by atoms with E-state index in [1.165, 1.54) is 11.3 Å². The van der Waals surface area contributed by atoms with Crippen molar-refractivity contribution in [1.29, 1.82) is 0 Å². The van der Waals surface area contributed by atoms with Crippen molar-refractivity contribution in [2.45, 2.75) is 45.3 Å². The van der Waals surface area contributed by atoms with Crippen LogP contribution in [-0.2, 0) is 4.74 Å². The van der Waals surface area contributed by atoms with Gasteiger partial charge in [0.15, 0.2) is 3.92 Å². The molecule has 9 heteroatoms. The molecule has 2 amide bonds. The van der Waals surface area contributed by atoms with Crippen LogP contribution < -0.4 is 15.5 Å². The van der Waals surface area contributed by atoms with Crippen LogP contribution in [0.2, 0.25) is 0 Å². The Balaban J connectivity index is 1.60. The quantitative estimate of drug-likeness (QED) is 0.664. The lowest BCUT2D eigenvalue weighted by Gasteiger charge is -2.34. The molecule has 0 atom stereocenters. The SMILES string of the molecule is CC(C)(C)NC(=O)OC1CCN(c2ccccc2NC(=O)c2csc(Br)n2)CC1. The van der Waals surface area contributed by atoms with E-state index >= 15 is 0 Å². The van der Waals surface area contributed by atoms with Gasteiger partial charge in [0, 0.05) is 36.9 Å². The Morgan fingerprint density at radius 3 is 2.55 bits per heavy atom. The second-order valence-corrected chi connectivity index (χ2v) is 10.1. The topological polar surface area (TPSA) is 83.6 Å². The van der Waals surface area contributed by atoms with Crippen LogP contribution >= 0.6 is 27.3 Å². The molecule has 0 aliphatic carbocycles. The Hall–Kier alpha value is -2.13. The summed E-state index contributed by atoms with van der Waals surface area (Å²) in [5.41, 5.74) is 1.76. The zero-order valence-electron chi connectivity index (χ0n) is 16.7. The number of nitrogens with one attached hydrogen (secondary N) is 2. The zero-order valence-corrected chi connectivity index (χ0v) is 19.1. The summed E-state index contributed by atoms with van der Waals surface area (Å²) in [6, 6.07) is 7.71. The van der Waals surface area contributed by atoms with Crippen LogP contribution in [0, 0.1) is 0 Å². The maximum Gasteiger partial charge on any atom is 0.407 e. The van der Waals surface area contributed by atoms with Gasteiger partial charge in [0.2, 0.25) is 0 Å². The third-order valence-electron chi connectivity index (χ3n) is 4.39. The molecule has 0 saturated carbocycles. The van der Waals surface area contributed by atoms with E-state index in [1.807, 2.05) is 45.0 Å². The van der Waals surface area contributed by atoms with Crippen molar-refractivity contribution in [2.24, 2.45) is 0 Å². The fourth-order valence-corrected chi connectivity index (χ4v) is 4.09. The third-order valence-corrected chi connectivity index (χ3v) is 5.76. The van der Waals surface area contributed by atoms with E-state index in [-0.39, 0.29) is 23.6 Å². The number of alkyl carbamates (subject to hydrolysis) is 1. The minimum atomic E-state index is -0.377. The second kappa shape index (κ2) is 9.13. The fourth-order valence-electron chi connectivity index (χ4n) is 3.10. The van der Waals surface area contributed by atoms with Crippen molar-refractivity contribution in [3.8, 4) is 0 Å². The van der Waals surface area contributed by atoms with Gasteiger partial charge in [0.25, 0.3) is 5.91 Å². The minimum Gasteiger partial charge on any atom is -0.446 e. The number of anilines is 2. The summed E-state index contributed by atoms with van der Waals surface area (Å²) in [6.07, 6.45) is 0.985. The first-order valence-corrected chi connectivity index (χ1v) is 11.1. The van der Waals surface area contributed by atoms with E-state index in [4.69, 9.17) is 4.74 Å². The highest BCUT2D eigenvalue weighted by Crippen LogP contribution is 2.29. The number of nitrogens with zero attached hydrogens (tertiary/aromatic N) is 2. The summed E-state index contributed by atoms with van der Waals surface area (Å²) < 4.78 is 6.22. The number of para-hydroxylation sites is 2. The lowest BCUT2D eigenvalue weighted by atomic mass is 10.1. The molecule has 2 N–H and O–H groups in total. The summed E-state index contributed by atoms with van der Waals surface area (Å²) >= 11 is 4.65. The molecule has 3 rings (SSSR count). The molecule has 0 radical (unpaired) electrons. The molecule has 0 spiro atoms.